The number of hydrogen-bond donors (Lipinski definition) is 3. The van der Waals surface area contributed by atoms with Crippen LogP contribution < -0.4 is 0 Å². The number of hydrogen-bond acceptors (Lipinski definition) is 6. The summed E-state index contributed by atoms with van der Waals surface area (Å²) >= 11 is 12.5. The fourth-order valence-corrected chi connectivity index (χ4v) is 5.93. The van der Waals surface area contributed by atoms with Gasteiger partial charge in [-0.25, -0.2) is 14.8 Å². The van der Waals surface area contributed by atoms with Crippen LogP contribution in [0.25, 0.3) is 22.2 Å². The number of nitrogens with zero attached hydrogens (tertiary/aromatic N) is 3. The summed E-state index contributed by atoms with van der Waals surface area (Å²) in [7, 11) is 0. The van der Waals surface area contributed by atoms with Crippen molar-refractivity contribution in [3.05, 3.63) is 118 Å². The number of benzene rings is 3. The normalized spacial score (nSPS) is 21.3. The minimum atomic E-state index is -1.38. The Hall–Kier alpha value is -3.79. The van der Waals surface area contributed by atoms with Crippen LogP contribution in [0.1, 0.15) is 39.5 Å². The zero-order valence-corrected chi connectivity index (χ0v) is 23.2. The second kappa shape index (κ2) is 10.9. The molecule has 10 heteroatoms. The second-order valence-electron chi connectivity index (χ2n) is 10.00. The number of carbonyl (C=O) groups is 1. The van der Waals surface area contributed by atoms with Crippen molar-refractivity contribution in [3.63, 3.8) is 0 Å². The standard InChI is InChI=1S/C31H25Cl2N3O5/c1-16-34-28(33)22-13-14-36(29(22)35-16)30-26(38)25(37)27(41-30)24(18-7-10-20(32)11-8-18)23-15-19(9-12-21(23)31(39)40)17-5-3-2-4-6-17/h2-15,24-27,30,37-38H,1H3,(H,39,40)/t24-,25+,26-,27+,30-/m1/s1. The molecule has 0 spiro atoms. The van der Waals surface area contributed by atoms with E-state index in [1.807, 2.05) is 30.3 Å². The molecule has 0 unspecified atom stereocenters. The summed E-state index contributed by atoms with van der Waals surface area (Å²) in [5.41, 5.74) is 3.29. The molecule has 41 heavy (non-hydrogen) atoms. The smallest absolute Gasteiger partial charge is 0.335 e. The zero-order chi connectivity index (χ0) is 28.8. The van der Waals surface area contributed by atoms with Gasteiger partial charge in [0.25, 0.3) is 0 Å². The van der Waals surface area contributed by atoms with Crippen molar-refractivity contribution in [1.82, 2.24) is 14.5 Å². The monoisotopic (exact) mass is 589 g/mol. The van der Waals surface area contributed by atoms with Gasteiger partial charge in [0.2, 0.25) is 0 Å². The summed E-state index contributed by atoms with van der Waals surface area (Å²) in [6, 6.07) is 23.3. The third-order valence-corrected chi connectivity index (χ3v) is 8.01. The minimum absolute atomic E-state index is 0.0555. The molecule has 0 saturated carbocycles. The van der Waals surface area contributed by atoms with Crippen LogP contribution in [-0.4, -0.2) is 54.1 Å². The van der Waals surface area contributed by atoms with Crippen LogP contribution >= 0.6 is 23.2 Å². The van der Waals surface area contributed by atoms with Gasteiger partial charge in [-0.1, -0.05) is 71.7 Å². The van der Waals surface area contributed by atoms with Crippen molar-refractivity contribution >= 4 is 40.2 Å². The van der Waals surface area contributed by atoms with Gasteiger partial charge >= 0.3 is 5.97 Å². The van der Waals surface area contributed by atoms with Crippen LogP contribution in [0.3, 0.4) is 0 Å². The molecular formula is C31H25Cl2N3O5. The van der Waals surface area contributed by atoms with E-state index in [0.29, 0.717) is 33.0 Å². The van der Waals surface area contributed by atoms with E-state index in [-0.39, 0.29) is 10.7 Å². The molecule has 5 atom stereocenters. The number of aryl methyl sites for hydroxylation is 1. The zero-order valence-electron chi connectivity index (χ0n) is 21.7. The molecule has 6 rings (SSSR count). The third-order valence-electron chi connectivity index (χ3n) is 7.47. The predicted octanol–water partition coefficient (Wildman–Crippen LogP) is 5.86. The molecule has 8 nitrogen and oxygen atoms in total. The molecular weight excluding hydrogens is 565 g/mol. The van der Waals surface area contributed by atoms with E-state index in [2.05, 4.69) is 9.97 Å². The lowest BCUT2D eigenvalue weighted by Gasteiger charge is -2.28. The first-order valence-corrected chi connectivity index (χ1v) is 13.7. The number of halogens is 2. The molecule has 1 aliphatic rings. The van der Waals surface area contributed by atoms with Gasteiger partial charge in [0, 0.05) is 17.1 Å². The third kappa shape index (κ3) is 4.98. The SMILES string of the molecule is Cc1nc(Cl)c2ccn([C@@H]3O[C@@H]([C@H](c4ccc(Cl)cc4)c4cc(-c5ccccc5)ccc4C(=O)O)[C@@H](O)[C@H]3O)c2n1. The molecule has 3 aromatic carbocycles. The number of aromatic carboxylic acids is 1. The van der Waals surface area contributed by atoms with Crippen LogP contribution in [0, 0.1) is 6.92 Å². The number of aromatic nitrogens is 3. The van der Waals surface area contributed by atoms with E-state index in [0.717, 1.165) is 11.1 Å². The van der Waals surface area contributed by atoms with Crippen LogP contribution in [-0.2, 0) is 4.74 Å². The van der Waals surface area contributed by atoms with Crippen molar-refractivity contribution in [3.8, 4) is 11.1 Å². The first-order valence-electron chi connectivity index (χ1n) is 12.9. The summed E-state index contributed by atoms with van der Waals surface area (Å²) in [6.45, 7) is 1.70. The van der Waals surface area contributed by atoms with Crippen LogP contribution in [0.15, 0.2) is 85.1 Å². The van der Waals surface area contributed by atoms with Gasteiger partial charge in [-0.15, -0.1) is 0 Å². The van der Waals surface area contributed by atoms with E-state index in [4.69, 9.17) is 27.9 Å². The second-order valence-corrected chi connectivity index (χ2v) is 10.8. The Morgan fingerprint density at radius 3 is 2.37 bits per heavy atom. The van der Waals surface area contributed by atoms with E-state index in [1.54, 1.807) is 66.2 Å². The lowest BCUT2D eigenvalue weighted by Crippen LogP contribution is -2.35. The predicted molar refractivity (Wildman–Crippen MR) is 155 cm³/mol. The molecule has 1 saturated heterocycles. The Labute approximate surface area is 245 Å². The van der Waals surface area contributed by atoms with Gasteiger partial charge < -0.3 is 24.6 Å². The fraction of sp³-hybridized carbons (Fsp3) is 0.194. The summed E-state index contributed by atoms with van der Waals surface area (Å²) in [5, 5.41) is 34.3. The van der Waals surface area contributed by atoms with Crippen molar-refractivity contribution < 1.29 is 24.9 Å². The number of aliphatic hydroxyl groups is 2. The number of carboxylic acid groups (broad SMARTS) is 1. The molecule has 1 fully saturated rings. The molecule has 0 aliphatic carbocycles. The molecule has 5 aromatic rings. The molecule has 2 aromatic heterocycles. The molecule has 0 radical (unpaired) electrons. The highest BCUT2D eigenvalue weighted by Crippen LogP contribution is 2.43. The van der Waals surface area contributed by atoms with E-state index in [1.165, 1.54) is 0 Å². The summed E-state index contributed by atoms with van der Waals surface area (Å²) in [6.07, 6.45) is -3.12. The van der Waals surface area contributed by atoms with Crippen molar-refractivity contribution in [2.24, 2.45) is 0 Å². The van der Waals surface area contributed by atoms with Gasteiger partial charge in [0.05, 0.1) is 17.1 Å². The van der Waals surface area contributed by atoms with E-state index in [9.17, 15) is 20.1 Å². The Bertz CT molecular complexity index is 1740. The number of carboxylic acids is 1. The fourth-order valence-electron chi connectivity index (χ4n) is 5.54. The first-order chi connectivity index (χ1) is 19.7. The lowest BCUT2D eigenvalue weighted by atomic mass is 9.80. The average molecular weight is 590 g/mol. The first kappa shape index (κ1) is 27.4. The Morgan fingerprint density at radius 1 is 0.927 bits per heavy atom. The van der Waals surface area contributed by atoms with Gasteiger partial charge in [-0.05, 0) is 59.5 Å². The van der Waals surface area contributed by atoms with Gasteiger partial charge in [0.15, 0.2) is 6.23 Å². The van der Waals surface area contributed by atoms with Gasteiger partial charge in [0.1, 0.15) is 28.8 Å². The Morgan fingerprint density at radius 2 is 1.66 bits per heavy atom. The molecule has 3 heterocycles. The van der Waals surface area contributed by atoms with Gasteiger partial charge in [-0.3, -0.25) is 0 Å². The van der Waals surface area contributed by atoms with E-state index >= 15 is 0 Å². The van der Waals surface area contributed by atoms with Crippen molar-refractivity contribution in [2.75, 3.05) is 0 Å². The largest absolute Gasteiger partial charge is 0.478 e. The maximum Gasteiger partial charge on any atom is 0.335 e. The highest BCUT2D eigenvalue weighted by molar-refractivity contribution is 6.34. The summed E-state index contributed by atoms with van der Waals surface area (Å²) in [4.78, 5) is 21.1. The molecule has 208 valence electrons. The van der Waals surface area contributed by atoms with Gasteiger partial charge in [-0.2, -0.15) is 0 Å². The molecule has 0 bridgehead atoms. The molecule has 0 amide bonds. The van der Waals surface area contributed by atoms with Crippen LogP contribution in [0.4, 0.5) is 0 Å². The van der Waals surface area contributed by atoms with Crippen LogP contribution in [0.2, 0.25) is 10.2 Å². The lowest BCUT2D eigenvalue weighted by molar-refractivity contribution is -0.0390. The quantitative estimate of drug-likeness (QED) is 0.212. The Kier molecular flexibility index (Phi) is 7.27. The van der Waals surface area contributed by atoms with Crippen molar-refractivity contribution in [1.29, 1.82) is 0 Å². The van der Waals surface area contributed by atoms with Crippen molar-refractivity contribution in [2.45, 2.75) is 37.4 Å². The van der Waals surface area contributed by atoms with E-state index < -0.39 is 36.4 Å². The number of ether oxygens (including phenoxy) is 1. The number of aliphatic hydroxyl groups excluding tert-OH is 2. The molecule has 1 aliphatic heterocycles. The van der Waals surface area contributed by atoms with Crippen LogP contribution in [0.5, 0.6) is 0 Å². The molecule has 3 N–H and O–H groups in total. The number of fused-ring (bicyclic) bond motifs is 1. The Balaban J connectivity index is 1.50. The minimum Gasteiger partial charge on any atom is -0.478 e. The highest BCUT2D eigenvalue weighted by Gasteiger charge is 2.49. The summed E-state index contributed by atoms with van der Waals surface area (Å²) in [5.74, 6) is -1.46. The summed E-state index contributed by atoms with van der Waals surface area (Å²) < 4.78 is 8.05. The highest BCUT2D eigenvalue weighted by atomic mass is 35.5. The maximum absolute atomic E-state index is 12.5. The topological polar surface area (TPSA) is 118 Å². The number of rotatable bonds is 6. The average Bonchev–Trinajstić information content (AvgIpc) is 3.51. The maximum atomic E-state index is 12.5.